The highest BCUT2D eigenvalue weighted by Crippen LogP contribution is 2.33. The number of rotatable bonds is 7. The maximum absolute atomic E-state index is 12.9. The number of hydrogen-bond acceptors (Lipinski definition) is 6. The van der Waals surface area contributed by atoms with Crippen molar-refractivity contribution in [1.29, 1.82) is 0 Å². The van der Waals surface area contributed by atoms with E-state index in [1.807, 2.05) is 18.2 Å². The van der Waals surface area contributed by atoms with Crippen molar-refractivity contribution in [3.8, 4) is 23.0 Å². The second kappa shape index (κ2) is 9.38. The molecule has 9 heteroatoms. The number of halogens is 2. The van der Waals surface area contributed by atoms with Crippen LogP contribution in [0.25, 0.3) is 0 Å². The molecular weight excluding hydrogens is 410 g/mol. The van der Waals surface area contributed by atoms with Crippen LogP contribution in [0.2, 0.25) is 0 Å². The second-order valence-corrected chi connectivity index (χ2v) is 7.23. The minimum Gasteiger partial charge on any atom is -0.490 e. The van der Waals surface area contributed by atoms with Crippen molar-refractivity contribution in [3.63, 3.8) is 0 Å². The van der Waals surface area contributed by atoms with E-state index in [0.29, 0.717) is 18.7 Å². The topological polar surface area (TPSA) is 60.5 Å². The van der Waals surface area contributed by atoms with Crippen LogP contribution in [-0.4, -0.2) is 61.9 Å². The molecule has 1 saturated heterocycles. The molecule has 4 rings (SSSR count). The maximum atomic E-state index is 12.9. The zero-order valence-corrected chi connectivity index (χ0v) is 17.2. The monoisotopic (exact) mass is 434 g/mol. The fraction of sp³-hybridized carbons (Fsp3) is 0.409. The summed E-state index contributed by atoms with van der Waals surface area (Å²) < 4.78 is 45.8. The molecule has 31 heavy (non-hydrogen) atoms. The van der Waals surface area contributed by atoms with E-state index in [1.165, 1.54) is 18.2 Å². The van der Waals surface area contributed by atoms with E-state index in [9.17, 15) is 13.6 Å². The van der Waals surface area contributed by atoms with Crippen LogP contribution in [0, 0.1) is 0 Å². The number of benzene rings is 2. The van der Waals surface area contributed by atoms with Gasteiger partial charge in [0.25, 0.3) is 5.91 Å². The van der Waals surface area contributed by atoms with E-state index >= 15 is 0 Å². The lowest BCUT2D eigenvalue weighted by atomic mass is 10.1. The van der Waals surface area contributed by atoms with Crippen LogP contribution in [-0.2, 0) is 6.54 Å². The van der Waals surface area contributed by atoms with E-state index in [1.54, 1.807) is 11.8 Å². The Bertz CT molecular complexity index is 932. The van der Waals surface area contributed by atoms with Gasteiger partial charge in [0.05, 0.1) is 6.61 Å². The number of ether oxygens (including phenoxy) is 4. The number of piperazine rings is 1. The van der Waals surface area contributed by atoms with E-state index < -0.39 is 6.61 Å². The predicted molar refractivity (Wildman–Crippen MR) is 108 cm³/mol. The van der Waals surface area contributed by atoms with Gasteiger partial charge in [0, 0.05) is 38.3 Å². The molecule has 2 aliphatic heterocycles. The van der Waals surface area contributed by atoms with Crippen molar-refractivity contribution in [2.75, 3.05) is 39.6 Å². The molecule has 0 spiro atoms. The lowest BCUT2D eigenvalue weighted by Crippen LogP contribution is -2.48. The Kier molecular flexibility index (Phi) is 6.41. The molecular formula is C22H24F2N2O5. The summed E-state index contributed by atoms with van der Waals surface area (Å²) in [6, 6.07) is 10.2. The number of nitrogens with zero attached hydrogens (tertiary/aromatic N) is 2. The molecule has 0 aliphatic carbocycles. The first-order valence-electron chi connectivity index (χ1n) is 10.2. The smallest absolute Gasteiger partial charge is 0.387 e. The Labute approximate surface area is 179 Å². The standard InChI is InChI=1S/C22H24F2N2O5/c1-2-28-20-12-16(4-6-18(20)31-22(23)24)21(27)26-9-7-25(8-10-26)13-15-3-5-17-19(11-15)30-14-29-17/h3-6,11-12,22H,2,7-10,13-14H2,1H3. The fourth-order valence-corrected chi connectivity index (χ4v) is 3.69. The summed E-state index contributed by atoms with van der Waals surface area (Å²) in [5.41, 5.74) is 1.51. The molecule has 2 aromatic carbocycles. The highest BCUT2D eigenvalue weighted by Gasteiger charge is 2.24. The molecule has 0 unspecified atom stereocenters. The highest BCUT2D eigenvalue weighted by molar-refractivity contribution is 5.95. The van der Waals surface area contributed by atoms with Crippen LogP contribution in [0.5, 0.6) is 23.0 Å². The van der Waals surface area contributed by atoms with Crippen LogP contribution in [0.15, 0.2) is 36.4 Å². The molecule has 1 amide bonds. The zero-order valence-electron chi connectivity index (χ0n) is 17.2. The van der Waals surface area contributed by atoms with Crippen LogP contribution in [0.4, 0.5) is 8.78 Å². The number of carbonyl (C=O) groups excluding carboxylic acids is 1. The van der Waals surface area contributed by atoms with Crippen molar-refractivity contribution in [2.45, 2.75) is 20.1 Å². The van der Waals surface area contributed by atoms with E-state index in [4.69, 9.17) is 14.2 Å². The molecule has 166 valence electrons. The van der Waals surface area contributed by atoms with Crippen LogP contribution in [0.3, 0.4) is 0 Å². The predicted octanol–water partition coefficient (Wildman–Crippen LogP) is 3.37. The van der Waals surface area contributed by atoms with E-state index in [2.05, 4.69) is 9.64 Å². The number of carbonyl (C=O) groups is 1. The molecule has 0 radical (unpaired) electrons. The van der Waals surface area contributed by atoms with Gasteiger partial charge in [-0.15, -0.1) is 0 Å². The number of fused-ring (bicyclic) bond motifs is 1. The second-order valence-electron chi connectivity index (χ2n) is 7.23. The lowest BCUT2D eigenvalue weighted by molar-refractivity contribution is -0.0514. The van der Waals surface area contributed by atoms with Gasteiger partial charge in [-0.25, -0.2) is 0 Å². The van der Waals surface area contributed by atoms with E-state index in [-0.39, 0.29) is 30.8 Å². The van der Waals surface area contributed by atoms with Crippen LogP contribution in [0.1, 0.15) is 22.8 Å². The quantitative estimate of drug-likeness (QED) is 0.666. The van der Waals surface area contributed by atoms with Gasteiger partial charge in [-0.3, -0.25) is 9.69 Å². The minimum atomic E-state index is -2.96. The Hall–Kier alpha value is -3.07. The Morgan fingerprint density at radius 1 is 1.03 bits per heavy atom. The zero-order chi connectivity index (χ0) is 21.8. The molecule has 0 N–H and O–H groups in total. The first kappa shape index (κ1) is 21.2. The van der Waals surface area contributed by atoms with Gasteiger partial charge in [-0.05, 0) is 42.8 Å². The molecule has 1 fully saturated rings. The minimum absolute atomic E-state index is 0.0815. The molecule has 7 nitrogen and oxygen atoms in total. The van der Waals surface area contributed by atoms with Crippen LogP contribution < -0.4 is 18.9 Å². The van der Waals surface area contributed by atoms with Crippen molar-refractivity contribution in [2.24, 2.45) is 0 Å². The Morgan fingerprint density at radius 3 is 2.55 bits per heavy atom. The molecule has 2 aliphatic rings. The summed E-state index contributed by atoms with van der Waals surface area (Å²) in [5.74, 6) is 1.41. The van der Waals surface area contributed by atoms with Gasteiger partial charge < -0.3 is 23.8 Å². The molecule has 2 aromatic rings. The molecule has 2 heterocycles. The molecule has 0 atom stereocenters. The third-order valence-electron chi connectivity index (χ3n) is 5.21. The Balaban J connectivity index is 1.36. The third-order valence-corrected chi connectivity index (χ3v) is 5.21. The molecule has 0 aromatic heterocycles. The van der Waals surface area contributed by atoms with Crippen molar-refractivity contribution >= 4 is 5.91 Å². The first-order valence-corrected chi connectivity index (χ1v) is 10.2. The number of alkyl halides is 2. The number of amides is 1. The van der Waals surface area contributed by atoms with Gasteiger partial charge in [-0.1, -0.05) is 6.07 Å². The first-order chi connectivity index (χ1) is 15.0. The Morgan fingerprint density at radius 2 is 1.81 bits per heavy atom. The third kappa shape index (κ3) is 4.99. The lowest BCUT2D eigenvalue weighted by Gasteiger charge is -2.35. The van der Waals surface area contributed by atoms with Gasteiger partial charge in [0.15, 0.2) is 23.0 Å². The maximum Gasteiger partial charge on any atom is 0.387 e. The molecule has 0 saturated carbocycles. The van der Waals surface area contributed by atoms with Crippen molar-refractivity contribution < 1.29 is 32.5 Å². The summed E-state index contributed by atoms with van der Waals surface area (Å²) >= 11 is 0. The summed E-state index contributed by atoms with van der Waals surface area (Å²) in [6.07, 6.45) is 0. The average Bonchev–Trinajstić information content (AvgIpc) is 3.23. The largest absolute Gasteiger partial charge is 0.490 e. The summed E-state index contributed by atoms with van der Waals surface area (Å²) in [5, 5.41) is 0. The van der Waals surface area contributed by atoms with Gasteiger partial charge >= 0.3 is 6.61 Å². The van der Waals surface area contributed by atoms with E-state index in [0.717, 1.165) is 36.7 Å². The summed E-state index contributed by atoms with van der Waals surface area (Å²) in [6.45, 7) is 2.66. The highest BCUT2D eigenvalue weighted by atomic mass is 19.3. The summed E-state index contributed by atoms with van der Waals surface area (Å²) in [4.78, 5) is 16.9. The SMILES string of the molecule is CCOc1cc(C(=O)N2CCN(Cc3ccc4c(c3)OCO4)CC2)ccc1OC(F)F. The van der Waals surface area contributed by atoms with Gasteiger partial charge in [-0.2, -0.15) is 8.78 Å². The fourth-order valence-electron chi connectivity index (χ4n) is 3.69. The average molecular weight is 434 g/mol. The van der Waals surface area contributed by atoms with Gasteiger partial charge in [0.1, 0.15) is 0 Å². The molecule has 0 bridgehead atoms. The van der Waals surface area contributed by atoms with Gasteiger partial charge in [0.2, 0.25) is 6.79 Å². The normalized spacial score (nSPS) is 15.9. The van der Waals surface area contributed by atoms with Crippen molar-refractivity contribution in [3.05, 3.63) is 47.5 Å². The number of hydrogen-bond donors (Lipinski definition) is 0. The van der Waals surface area contributed by atoms with Crippen molar-refractivity contribution in [1.82, 2.24) is 9.80 Å². The summed E-state index contributed by atoms with van der Waals surface area (Å²) in [7, 11) is 0. The van der Waals surface area contributed by atoms with Crippen LogP contribution >= 0.6 is 0 Å².